The first-order valence-corrected chi connectivity index (χ1v) is 18.8. The molecule has 48 heavy (non-hydrogen) atoms. The highest BCUT2D eigenvalue weighted by Crippen LogP contribution is 2.65. The molecule has 0 radical (unpaired) electrons. The Morgan fingerprint density at radius 1 is 1.08 bits per heavy atom. The normalized spacial score (nSPS) is 27.3. The minimum Gasteiger partial charge on any atom is -0.376 e. The van der Waals surface area contributed by atoms with Gasteiger partial charge in [-0.2, -0.15) is 0 Å². The third-order valence-electron chi connectivity index (χ3n) is 11.5. The summed E-state index contributed by atoms with van der Waals surface area (Å²) in [6, 6.07) is 2.28. The number of aliphatic hydroxyl groups is 1. The largest absolute Gasteiger partial charge is 0.376 e. The van der Waals surface area contributed by atoms with Crippen LogP contribution in [0.3, 0.4) is 0 Å². The van der Waals surface area contributed by atoms with E-state index in [0.29, 0.717) is 30.8 Å². The van der Waals surface area contributed by atoms with Crippen LogP contribution in [0.25, 0.3) is 0 Å². The van der Waals surface area contributed by atoms with Gasteiger partial charge in [0.2, 0.25) is 11.7 Å². The Kier molecular flexibility index (Phi) is 10.7. The number of fused-ring (bicyclic) bond motifs is 1. The Morgan fingerprint density at radius 2 is 1.77 bits per heavy atom. The molecule has 3 aliphatic carbocycles. The van der Waals surface area contributed by atoms with Crippen LogP contribution in [0, 0.1) is 28.6 Å². The highest BCUT2D eigenvalue weighted by atomic mass is 32.2. The lowest BCUT2D eigenvalue weighted by atomic mass is 9.80. The molecule has 5 rings (SSSR count). The number of aromatic nitrogens is 1. The molecule has 1 saturated heterocycles. The van der Waals surface area contributed by atoms with E-state index in [0.717, 1.165) is 38.5 Å². The lowest BCUT2D eigenvalue weighted by Gasteiger charge is -2.44. The van der Waals surface area contributed by atoms with Crippen molar-refractivity contribution in [1.82, 2.24) is 25.8 Å². The summed E-state index contributed by atoms with van der Waals surface area (Å²) in [5, 5.41) is 21.5. The van der Waals surface area contributed by atoms with Crippen molar-refractivity contribution in [1.29, 1.82) is 0 Å². The lowest BCUT2D eigenvalue weighted by molar-refractivity contribution is -0.141. The van der Waals surface area contributed by atoms with Crippen molar-refractivity contribution < 1.29 is 28.5 Å². The number of likely N-dealkylation sites (tertiary alicyclic amines) is 1. The van der Waals surface area contributed by atoms with E-state index in [9.17, 15) is 28.5 Å². The van der Waals surface area contributed by atoms with Gasteiger partial charge in [0.1, 0.15) is 11.3 Å². The molecule has 0 bridgehead atoms. The molecule has 2 heterocycles. The fraction of sp³-hybridized carbons (Fsp3) is 0.743. The number of primary amides is 1. The Hall–Kier alpha value is -2.90. The van der Waals surface area contributed by atoms with Crippen molar-refractivity contribution in [2.45, 2.75) is 127 Å². The number of ketones is 1. The van der Waals surface area contributed by atoms with Crippen molar-refractivity contribution in [2.24, 2.45) is 34.3 Å². The molecule has 12 nitrogen and oxygen atoms in total. The molecule has 0 aromatic carbocycles. The Morgan fingerprint density at radius 3 is 2.33 bits per heavy atom. The van der Waals surface area contributed by atoms with E-state index in [2.05, 4.69) is 34.8 Å². The SMILES string of the molecule is CC1(C)C2CN(C(O)[C@@H](NC(=O)NC3(CS(=O)c4ccccn4)CCCCC3)C(C)(C)C)[C@H](C(=O)NC(CC3CCC3)C(=O)C(N)=O)C21. The van der Waals surface area contributed by atoms with Gasteiger partial charge >= 0.3 is 6.03 Å². The van der Waals surface area contributed by atoms with E-state index in [-0.39, 0.29) is 28.9 Å². The van der Waals surface area contributed by atoms with Crippen LogP contribution in [-0.4, -0.2) is 85.0 Å². The molecule has 6 N–H and O–H groups in total. The number of carbonyl (C=O) groups excluding carboxylic acids is 4. The summed E-state index contributed by atoms with van der Waals surface area (Å²) >= 11 is 0. The molecule has 1 aliphatic heterocycles. The zero-order valence-corrected chi connectivity index (χ0v) is 29.8. The van der Waals surface area contributed by atoms with Gasteiger partial charge in [-0.1, -0.05) is 79.2 Å². The van der Waals surface area contributed by atoms with Crippen LogP contribution < -0.4 is 21.7 Å². The second kappa shape index (κ2) is 14.1. The molecule has 0 spiro atoms. The van der Waals surface area contributed by atoms with Crippen molar-refractivity contribution in [3.63, 3.8) is 0 Å². The number of aliphatic hydroxyl groups excluding tert-OH is 1. The molecule has 4 aliphatic rings. The van der Waals surface area contributed by atoms with Gasteiger partial charge in [-0.3, -0.25) is 23.5 Å². The van der Waals surface area contributed by atoms with Gasteiger partial charge in [-0.05, 0) is 60.0 Å². The van der Waals surface area contributed by atoms with Crippen LogP contribution in [0.5, 0.6) is 0 Å². The predicted molar refractivity (Wildman–Crippen MR) is 182 cm³/mol. The van der Waals surface area contributed by atoms with Crippen LogP contribution in [-0.2, 0) is 25.2 Å². The number of urea groups is 1. The number of pyridine rings is 1. The minimum absolute atomic E-state index is 0.0679. The van der Waals surface area contributed by atoms with Crippen LogP contribution in [0.2, 0.25) is 0 Å². The van der Waals surface area contributed by atoms with Crippen LogP contribution in [0.15, 0.2) is 29.4 Å². The van der Waals surface area contributed by atoms with Crippen LogP contribution in [0.4, 0.5) is 4.79 Å². The summed E-state index contributed by atoms with van der Waals surface area (Å²) in [6.45, 7) is 10.4. The fourth-order valence-electron chi connectivity index (χ4n) is 8.31. The fourth-order valence-corrected chi connectivity index (χ4v) is 9.73. The van der Waals surface area contributed by atoms with Crippen molar-refractivity contribution in [3.05, 3.63) is 24.4 Å². The molecule has 3 saturated carbocycles. The number of rotatable bonds is 13. The van der Waals surface area contributed by atoms with E-state index in [1.807, 2.05) is 20.8 Å². The quantitative estimate of drug-likeness (QED) is 0.196. The maximum Gasteiger partial charge on any atom is 0.315 e. The molecule has 4 fully saturated rings. The second-order valence-electron chi connectivity index (χ2n) is 16.3. The zero-order valence-electron chi connectivity index (χ0n) is 29.0. The number of hydrogen-bond acceptors (Lipinski definition) is 8. The minimum atomic E-state index is -1.42. The summed E-state index contributed by atoms with van der Waals surface area (Å²) in [6.07, 6.45) is 7.86. The summed E-state index contributed by atoms with van der Waals surface area (Å²) < 4.78 is 13.3. The number of carbonyl (C=O) groups is 4. The van der Waals surface area contributed by atoms with Gasteiger partial charge in [0.25, 0.3) is 5.91 Å². The first kappa shape index (κ1) is 36.4. The lowest BCUT2D eigenvalue weighted by Crippen LogP contribution is -2.65. The molecule has 1 aromatic heterocycles. The van der Waals surface area contributed by atoms with Crippen molar-refractivity contribution in [2.75, 3.05) is 12.3 Å². The van der Waals surface area contributed by atoms with Gasteiger partial charge < -0.3 is 26.8 Å². The number of nitrogens with zero attached hydrogens (tertiary/aromatic N) is 2. The molecule has 5 unspecified atom stereocenters. The summed E-state index contributed by atoms with van der Waals surface area (Å²) in [7, 11) is -1.42. The summed E-state index contributed by atoms with van der Waals surface area (Å²) in [4.78, 5) is 58.5. The van der Waals surface area contributed by atoms with E-state index in [1.165, 1.54) is 0 Å². The molecular formula is C35H54N6O6S. The number of hydrogen-bond donors (Lipinski definition) is 5. The summed E-state index contributed by atoms with van der Waals surface area (Å²) in [5.41, 5.74) is 3.91. The first-order chi connectivity index (χ1) is 22.5. The third kappa shape index (κ3) is 7.78. The maximum atomic E-state index is 14.0. The van der Waals surface area contributed by atoms with Crippen LogP contribution in [0.1, 0.15) is 92.4 Å². The standard InChI is InChI=1S/C35H54N6O6S/c1-33(2,3)28(39-32(46)40-35(15-8-6-9-16-35)20-48(47)24-14-7-10-17-37-24)31(45)41-19-22-25(34(22,4)5)26(41)30(44)38-23(27(42)29(36)43)18-21-12-11-13-21/h7,10,14,17,21-23,25-26,28,31,45H,6,8-9,11-13,15-16,18-20H2,1-5H3,(H2,36,43)(H,38,44)(H2,39,40,46)/t22?,23?,25?,26-,28+,31?,48?/m0/s1. The Bertz CT molecular complexity index is 1390. The Labute approximate surface area is 286 Å². The van der Waals surface area contributed by atoms with Gasteiger partial charge in [-0.15, -0.1) is 0 Å². The second-order valence-corrected chi connectivity index (χ2v) is 17.7. The number of piperidine rings is 1. The molecule has 266 valence electrons. The Balaban J connectivity index is 1.33. The monoisotopic (exact) mass is 686 g/mol. The van der Waals surface area contributed by atoms with Crippen molar-refractivity contribution >= 4 is 34.4 Å². The smallest absolute Gasteiger partial charge is 0.315 e. The van der Waals surface area contributed by atoms with E-state index in [4.69, 9.17) is 5.73 Å². The number of Topliss-reactive ketones (excluding diaryl/α,β-unsaturated/α-hetero) is 1. The first-order valence-electron chi connectivity index (χ1n) is 17.5. The average Bonchev–Trinajstić information content (AvgIpc) is 3.32. The maximum absolute atomic E-state index is 14.0. The third-order valence-corrected chi connectivity index (χ3v) is 13.0. The van der Waals surface area contributed by atoms with Crippen LogP contribution >= 0.6 is 0 Å². The average molecular weight is 687 g/mol. The highest BCUT2D eigenvalue weighted by molar-refractivity contribution is 7.85. The summed E-state index contributed by atoms with van der Waals surface area (Å²) in [5.74, 6) is -1.74. The zero-order chi connectivity index (χ0) is 35.0. The highest BCUT2D eigenvalue weighted by Gasteiger charge is 2.69. The van der Waals surface area contributed by atoms with E-state index in [1.54, 1.807) is 29.3 Å². The molecule has 13 heteroatoms. The number of nitrogens with one attached hydrogen (secondary N) is 3. The van der Waals surface area contributed by atoms with Crippen molar-refractivity contribution in [3.8, 4) is 0 Å². The van der Waals surface area contributed by atoms with Gasteiger partial charge in [0, 0.05) is 12.7 Å². The van der Waals surface area contributed by atoms with Gasteiger partial charge in [-0.25, -0.2) is 9.78 Å². The molecule has 1 aromatic rings. The van der Waals surface area contributed by atoms with E-state index >= 15 is 0 Å². The predicted octanol–water partition coefficient (Wildman–Crippen LogP) is 2.61. The number of nitrogens with two attached hydrogens (primary N) is 1. The van der Waals surface area contributed by atoms with Gasteiger partial charge in [0.05, 0.1) is 40.2 Å². The molecular weight excluding hydrogens is 632 g/mol. The number of amides is 4. The molecule has 4 amide bonds. The molecule has 7 atom stereocenters. The van der Waals surface area contributed by atoms with E-state index < -0.39 is 69.7 Å². The van der Waals surface area contributed by atoms with Gasteiger partial charge in [0.15, 0.2) is 0 Å². The topological polar surface area (TPSA) is 184 Å².